The number of nitrogens with zero attached hydrogens (tertiary/aromatic N) is 6. The smallest absolute Gasteiger partial charge is 0.187 e. The third-order valence-electron chi connectivity index (χ3n) is 13.3. The summed E-state index contributed by atoms with van der Waals surface area (Å²) in [5.74, 6) is 0.843. The highest BCUT2D eigenvalue weighted by Crippen LogP contribution is 2.47. The van der Waals surface area contributed by atoms with Gasteiger partial charge >= 0.3 is 0 Å². The Labute approximate surface area is 407 Å². The molecule has 11 aromatic rings. The van der Waals surface area contributed by atoms with Crippen LogP contribution < -0.4 is 9.80 Å². The van der Waals surface area contributed by atoms with Crippen molar-refractivity contribution in [2.24, 2.45) is 0 Å². The second kappa shape index (κ2) is 17.8. The van der Waals surface area contributed by atoms with Crippen molar-refractivity contribution in [2.75, 3.05) is 16.5 Å². The third-order valence-corrected chi connectivity index (χ3v) is 13.3. The fraction of sp³-hybridized carbons (Fsp3) is 0.0156. The van der Waals surface area contributed by atoms with Gasteiger partial charge in [0, 0.05) is 28.3 Å². The van der Waals surface area contributed by atoms with Crippen LogP contribution in [-0.4, -0.2) is 16.2 Å². The molecule has 6 heteroatoms. The molecule has 9 aromatic carbocycles. The molecule has 0 radical (unpaired) electrons. The van der Waals surface area contributed by atoms with Crippen LogP contribution in [-0.2, 0) is 0 Å². The zero-order valence-corrected chi connectivity index (χ0v) is 38.0. The molecule has 0 bridgehead atoms. The van der Waals surface area contributed by atoms with Crippen LogP contribution in [0.1, 0.15) is 27.8 Å². The first-order valence-corrected chi connectivity index (χ1v) is 23.3. The van der Waals surface area contributed by atoms with Gasteiger partial charge in [-0.15, -0.1) is 0 Å². The topological polar surface area (TPSA) is 52.5 Å². The molecular formula is C64H42N6. The summed E-state index contributed by atoms with van der Waals surface area (Å²) in [6, 6.07) is 85.0. The Hall–Kier alpha value is -9.75. The van der Waals surface area contributed by atoms with Gasteiger partial charge in [-0.05, 0) is 147 Å². The molecule has 6 nitrogen and oxygen atoms in total. The van der Waals surface area contributed by atoms with Gasteiger partial charge in [-0.25, -0.2) is 9.83 Å². The molecule has 3 heterocycles. The normalized spacial score (nSPS) is 12.4. The van der Waals surface area contributed by atoms with Gasteiger partial charge < -0.3 is 9.80 Å². The van der Waals surface area contributed by atoms with Crippen molar-refractivity contribution in [1.29, 1.82) is 5.26 Å². The van der Waals surface area contributed by atoms with E-state index < -0.39 is 0 Å². The summed E-state index contributed by atoms with van der Waals surface area (Å²) in [5, 5.41) is 12.2. The summed E-state index contributed by atoms with van der Waals surface area (Å²) in [7, 11) is 0. The fourth-order valence-electron chi connectivity index (χ4n) is 10.1. The molecule has 0 spiro atoms. The molecule has 1 aliphatic rings. The van der Waals surface area contributed by atoms with E-state index in [4.69, 9.17) is 11.6 Å². The van der Waals surface area contributed by atoms with Crippen molar-refractivity contribution in [3.63, 3.8) is 0 Å². The number of anilines is 4. The number of pyridine rings is 1. The molecule has 12 rings (SSSR count). The molecule has 1 aliphatic heterocycles. The van der Waals surface area contributed by atoms with Gasteiger partial charge in [0.2, 0.25) is 0 Å². The van der Waals surface area contributed by atoms with Crippen LogP contribution in [0, 0.1) is 17.9 Å². The van der Waals surface area contributed by atoms with Crippen molar-refractivity contribution < 1.29 is 0 Å². The molecule has 0 saturated heterocycles. The molecule has 0 fully saturated rings. The number of hydrogen-bond acceptors (Lipinski definition) is 4. The maximum Gasteiger partial charge on any atom is 0.187 e. The highest BCUT2D eigenvalue weighted by molar-refractivity contribution is 6.12. The van der Waals surface area contributed by atoms with E-state index in [9.17, 15) is 5.26 Å². The summed E-state index contributed by atoms with van der Waals surface area (Å²) in [6.45, 7) is 8.46. The highest BCUT2D eigenvalue weighted by Gasteiger charge is 2.29. The standard InChI is InChI=1S/C64H42N6/c1-66-53-24-14-20-48(39-53)47-19-13-22-50(38-47)63(49-21-12-18-46(37-49)45-17-11-16-44(36-45)42-65)64(52-33-34-57-56-28-5-6-29-58(56)70(61(57)41-52)62-32-9-10-35-67-62)51-23-15-27-55(40-51)69-43-68(54-25-3-2-4-26-54)59-30-7-8-31-60(59)69/h2-41H,43H2/b64-63+. The van der Waals surface area contributed by atoms with Crippen LogP contribution in [0.5, 0.6) is 0 Å². The number of aromatic nitrogens is 2. The predicted molar refractivity (Wildman–Crippen MR) is 287 cm³/mol. The van der Waals surface area contributed by atoms with Gasteiger partial charge in [0.1, 0.15) is 12.5 Å². The molecule has 0 N–H and O–H groups in total. The monoisotopic (exact) mass is 894 g/mol. The molecule has 70 heavy (non-hydrogen) atoms. The number of fused-ring (bicyclic) bond motifs is 4. The summed E-state index contributed by atoms with van der Waals surface area (Å²) in [4.78, 5) is 13.4. The number of nitriles is 1. The first-order valence-electron chi connectivity index (χ1n) is 23.3. The average molecular weight is 895 g/mol. The van der Waals surface area contributed by atoms with Crippen molar-refractivity contribution in [3.8, 4) is 34.1 Å². The highest BCUT2D eigenvalue weighted by atomic mass is 15.4. The van der Waals surface area contributed by atoms with Crippen LogP contribution in [0.15, 0.2) is 243 Å². The Morgan fingerprint density at radius 2 is 1.01 bits per heavy atom. The second-order valence-electron chi connectivity index (χ2n) is 17.4. The lowest BCUT2D eigenvalue weighted by Crippen LogP contribution is -2.23. The zero-order valence-electron chi connectivity index (χ0n) is 38.0. The van der Waals surface area contributed by atoms with E-state index in [1.807, 2.05) is 54.7 Å². The molecule has 0 saturated carbocycles. The van der Waals surface area contributed by atoms with E-state index in [2.05, 4.69) is 213 Å². The molecule has 0 unspecified atom stereocenters. The largest absolute Gasteiger partial charge is 0.321 e. The lowest BCUT2D eigenvalue weighted by Gasteiger charge is -2.24. The van der Waals surface area contributed by atoms with Crippen LogP contribution in [0.2, 0.25) is 0 Å². The minimum atomic E-state index is 0.592. The van der Waals surface area contributed by atoms with Crippen LogP contribution in [0.3, 0.4) is 0 Å². The fourth-order valence-corrected chi connectivity index (χ4v) is 10.1. The minimum absolute atomic E-state index is 0.592. The van der Waals surface area contributed by atoms with Crippen molar-refractivity contribution in [2.45, 2.75) is 0 Å². The van der Waals surface area contributed by atoms with Crippen molar-refractivity contribution in [1.82, 2.24) is 9.55 Å². The maximum atomic E-state index is 9.93. The van der Waals surface area contributed by atoms with E-state index in [1.165, 1.54) is 0 Å². The Morgan fingerprint density at radius 3 is 1.71 bits per heavy atom. The average Bonchev–Trinajstić information content (AvgIpc) is 3.99. The Morgan fingerprint density at radius 1 is 0.457 bits per heavy atom. The second-order valence-corrected chi connectivity index (χ2v) is 17.4. The van der Waals surface area contributed by atoms with E-state index >= 15 is 0 Å². The molecule has 0 atom stereocenters. The number of rotatable bonds is 9. The maximum absolute atomic E-state index is 9.93. The van der Waals surface area contributed by atoms with Crippen LogP contribution >= 0.6 is 0 Å². The van der Waals surface area contributed by atoms with Gasteiger partial charge in [0.05, 0.1) is 40.6 Å². The van der Waals surface area contributed by atoms with E-state index in [0.29, 0.717) is 17.9 Å². The molecule has 2 aromatic heterocycles. The van der Waals surface area contributed by atoms with Gasteiger partial charge in [0.25, 0.3) is 0 Å². The quantitative estimate of drug-likeness (QED) is 0.107. The Bertz CT molecular complexity index is 3810. The van der Waals surface area contributed by atoms with Gasteiger partial charge in [0.15, 0.2) is 5.69 Å². The molecular weight excluding hydrogens is 853 g/mol. The minimum Gasteiger partial charge on any atom is -0.321 e. The summed E-state index contributed by atoms with van der Waals surface area (Å²) in [5.41, 5.74) is 17.9. The number of hydrogen-bond donors (Lipinski definition) is 0. The van der Waals surface area contributed by atoms with E-state index in [1.54, 1.807) is 0 Å². The lowest BCUT2D eigenvalue weighted by molar-refractivity contribution is 0.991. The third kappa shape index (κ3) is 7.53. The Balaban J connectivity index is 1.15. The summed E-state index contributed by atoms with van der Waals surface area (Å²) >= 11 is 0. The van der Waals surface area contributed by atoms with Crippen LogP contribution in [0.25, 0.3) is 65.9 Å². The number of benzene rings is 9. The van der Waals surface area contributed by atoms with Gasteiger partial charge in [-0.3, -0.25) is 4.57 Å². The van der Waals surface area contributed by atoms with Crippen molar-refractivity contribution >= 4 is 61.4 Å². The summed E-state index contributed by atoms with van der Waals surface area (Å²) in [6.07, 6.45) is 1.85. The first-order chi connectivity index (χ1) is 34.6. The predicted octanol–water partition coefficient (Wildman–Crippen LogP) is 16.2. The lowest BCUT2D eigenvalue weighted by atomic mass is 9.83. The van der Waals surface area contributed by atoms with Crippen molar-refractivity contribution in [3.05, 3.63) is 282 Å². The summed E-state index contributed by atoms with van der Waals surface area (Å²) < 4.78 is 2.27. The van der Waals surface area contributed by atoms with E-state index in [0.717, 1.165) is 106 Å². The molecule has 0 aliphatic carbocycles. The van der Waals surface area contributed by atoms with Gasteiger partial charge in [-0.2, -0.15) is 5.26 Å². The van der Waals surface area contributed by atoms with E-state index in [-0.39, 0.29) is 0 Å². The first kappa shape index (κ1) is 41.7. The molecule has 328 valence electrons. The van der Waals surface area contributed by atoms with Gasteiger partial charge in [-0.1, -0.05) is 146 Å². The van der Waals surface area contributed by atoms with Crippen LogP contribution in [0.4, 0.5) is 28.4 Å². The Kier molecular flexibility index (Phi) is 10.6. The SMILES string of the molecule is [C-]#[N+]c1cccc(-c2cccc(/C(=C(\c3cccc(N4CN(c5ccccc5)c5ccccc54)c3)c3ccc4c5ccccc5n(-c5ccccn5)c4c3)c3cccc(-c4cccc(C#N)c4)c3)c2)c1. The zero-order chi connectivity index (χ0) is 47.0. The molecule has 0 amide bonds. The number of para-hydroxylation sites is 4.